The van der Waals surface area contributed by atoms with Crippen molar-refractivity contribution in [2.75, 3.05) is 5.43 Å². The van der Waals surface area contributed by atoms with E-state index in [2.05, 4.69) is 5.43 Å². The molecule has 5 heteroatoms. The maximum atomic E-state index is 10.6. The van der Waals surface area contributed by atoms with E-state index in [1.54, 1.807) is 0 Å². The smallest absolute Gasteiger partial charge is 0.337 e. The summed E-state index contributed by atoms with van der Waals surface area (Å²) in [7, 11) is 0. The van der Waals surface area contributed by atoms with Crippen molar-refractivity contribution in [1.82, 2.24) is 0 Å². The number of halogens is 1. The highest BCUT2D eigenvalue weighted by Gasteiger charge is 2.08. The van der Waals surface area contributed by atoms with E-state index in [0.717, 1.165) is 0 Å². The first-order chi connectivity index (χ1) is 5.65. The largest absolute Gasteiger partial charge is 0.478 e. The Morgan fingerprint density at radius 1 is 1.58 bits per heavy atom. The highest BCUT2D eigenvalue weighted by molar-refractivity contribution is 6.31. The van der Waals surface area contributed by atoms with Gasteiger partial charge in [-0.1, -0.05) is 11.6 Å². The number of hydrogen-bond donors (Lipinski definition) is 3. The Kier molecular flexibility index (Phi) is 2.52. The minimum atomic E-state index is -1.04. The van der Waals surface area contributed by atoms with E-state index >= 15 is 0 Å². The number of anilines is 1. The Balaban J connectivity index is 3.20. The topological polar surface area (TPSA) is 75.3 Å². The molecule has 4 N–H and O–H groups in total. The maximum Gasteiger partial charge on any atom is 0.337 e. The molecule has 0 saturated heterocycles. The first-order valence-corrected chi connectivity index (χ1v) is 3.52. The molecule has 0 radical (unpaired) electrons. The van der Waals surface area contributed by atoms with Crippen LogP contribution in [-0.2, 0) is 0 Å². The first-order valence-electron chi connectivity index (χ1n) is 3.14. The second-order valence-corrected chi connectivity index (χ2v) is 2.58. The molecule has 12 heavy (non-hydrogen) atoms. The van der Waals surface area contributed by atoms with Gasteiger partial charge in [-0.25, -0.2) is 4.79 Å². The predicted octanol–water partition coefficient (Wildman–Crippen LogP) is 1.32. The normalized spacial score (nSPS) is 9.50. The molecule has 64 valence electrons. The third kappa shape index (κ3) is 1.66. The van der Waals surface area contributed by atoms with Crippen LogP contribution in [-0.4, -0.2) is 11.1 Å². The quantitative estimate of drug-likeness (QED) is 0.481. The number of rotatable bonds is 2. The molecular weight excluding hydrogens is 180 g/mol. The van der Waals surface area contributed by atoms with E-state index < -0.39 is 5.97 Å². The number of carboxylic acids is 1. The number of carbonyl (C=O) groups is 1. The summed E-state index contributed by atoms with van der Waals surface area (Å²) in [5.41, 5.74) is 2.65. The maximum absolute atomic E-state index is 10.6. The molecule has 1 rings (SSSR count). The van der Waals surface area contributed by atoms with Crippen molar-refractivity contribution in [2.45, 2.75) is 0 Å². The number of carboxylic acid groups (broad SMARTS) is 1. The molecule has 0 aliphatic heterocycles. The average Bonchev–Trinajstić information content (AvgIpc) is 2.03. The molecule has 4 nitrogen and oxygen atoms in total. The zero-order valence-corrected chi connectivity index (χ0v) is 6.80. The van der Waals surface area contributed by atoms with Gasteiger partial charge in [-0.3, -0.25) is 5.84 Å². The molecule has 0 heterocycles. The van der Waals surface area contributed by atoms with Crippen LogP contribution in [0.4, 0.5) is 5.69 Å². The van der Waals surface area contributed by atoms with Crippen LogP contribution in [0.2, 0.25) is 5.02 Å². The standard InChI is InChI=1S/C7H7ClN2O2/c8-4-1-2-5(7(11)12)6(3-4)10-9/h1-3,10H,9H2,(H,11,12). The number of nitrogen functional groups attached to an aromatic ring is 1. The van der Waals surface area contributed by atoms with Gasteiger partial charge in [0.15, 0.2) is 0 Å². The van der Waals surface area contributed by atoms with Gasteiger partial charge in [0.25, 0.3) is 0 Å². The van der Waals surface area contributed by atoms with E-state index in [-0.39, 0.29) is 5.56 Å². The van der Waals surface area contributed by atoms with Crippen molar-refractivity contribution < 1.29 is 9.90 Å². The summed E-state index contributed by atoms with van der Waals surface area (Å²) in [6.45, 7) is 0. The highest BCUT2D eigenvalue weighted by atomic mass is 35.5. The van der Waals surface area contributed by atoms with Gasteiger partial charge in [-0.05, 0) is 18.2 Å². The third-order valence-electron chi connectivity index (χ3n) is 1.37. The summed E-state index contributed by atoms with van der Waals surface area (Å²) < 4.78 is 0. The fraction of sp³-hybridized carbons (Fsp3) is 0. The lowest BCUT2D eigenvalue weighted by molar-refractivity contribution is 0.0698. The van der Waals surface area contributed by atoms with Crippen LogP contribution in [0.3, 0.4) is 0 Å². The van der Waals surface area contributed by atoms with Crippen LogP contribution >= 0.6 is 11.6 Å². The summed E-state index contributed by atoms with van der Waals surface area (Å²) in [5.74, 6) is 4.04. The zero-order chi connectivity index (χ0) is 9.14. The summed E-state index contributed by atoms with van der Waals surface area (Å²) >= 11 is 5.61. The molecule has 0 aromatic heterocycles. The average molecular weight is 187 g/mol. The fourth-order valence-electron chi connectivity index (χ4n) is 0.822. The number of benzene rings is 1. The zero-order valence-electron chi connectivity index (χ0n) is 6.04. The van der Waals surface area contributed by atoms with Crippen LogP contribution in [0.1, 0.15) is 10.4 Å². The highest BCUT2D eigenvalue weighted by Crippen LogP contribution is 2.19. The van der Waals surface area contributed by atoms with Crippen molar-refractivity contribution in [3.8, 4) is 0 Å². The van der Waals surface area contributed by atoms with E-state index in [9.17, 15) is 4.79 Å². The molecule has 0 spiro atoms. The van der Waals surface area contributed by atoms with Gasteiger partial charge < -0.3 is 10.5 Å². The Hall–Kier alpha value is -1.26. The fourth-order valence-corrected chi connectivity index (χ4v) is 0.994. The lowest BCUT2D eigenvalue weighted by atomic mass is 10.2. The number of hydrogen-bond acceptors (Lipinski definition) is 3. The van der Waals surface area contributed by atoms with Crippen molar-refractivity contribution in [3.63, 3.8) is 0 Å². The third-order valence-corrected chi connectivity index (χ3v) is 1.60. The van der Waals surface area contributed by atoms with E-state index in [1.807, 2.05) is 0 Å². The first kappa shape index (κ1) is 8.83. The summed E-state index contributed by atoms with van der Waals surface area (Å²) in [5, 5.41) is 9.09. The predicted molar refractivity (Wildman–Crippen MR) is 46.2 cm³/mol. The van der Waals surface area contributed by atoms with Gasteiger partial charge in [-0.15, -0.1) is 0 Å². The second-order valence-electron chi connectivity index (χ2n) is 2.14. The Morgan fingerprint density at radius 3 is 2.75 bits per heavy atom. The van der Waals surface area contributed by atoms with Crippen molar-refractivity contribution in [2.24, 2.45) is 5.84 Å². The van der Waals surface area contributed by atoms with Gasteiger partial charge in [-0.2, -0.15) is 0 Å². The molecule has 1 aromatic carbocycles. The van der Waals surface area contributed by atoms with Gasteiger partial charge in [0.2, 0.25) is 0 Å². The summed E-state index contributed by atoms with van der Waals surface area (Å²) in [6, 6.07) is 4.33. The Morgan fingerprint density at radius 2 is 2.25 bits per heavy atom. The SMILES string of the molecule is NNc1cc(Cl)ccc1C(=O)O. The van der Waals surface area contributed by atoms with E-state index in [4.69, 9.17) is 22.6 Å². The van der Waals surface area contributed by atoms with E-state index in [0.29, 0.717) is 10.7 Å². The summed E-state index contributed by atoms with van der Waals surface area (Å²) in [4.78, 5) is 10.6. The molecule has 0 unspecified atom stereocenters. The molecular formula is C7H7ClN2O2. The number of hydrazine groups is 1. The number of aromatic carboxylic acids is 1. The molecule has 0 amide bonds. The Labute approximate surface area is 73.9 Å². The van der Waals surface area contributed by atoms with Gasteiger partial charge in [0.05, 0.1) is 11.3 Å². The molecule has 0 bridgehead atoms. The van der Waals surface area contributed by atoms with Crippen molar-refractivity contribution >= 4 is 23.3 Å². The van der Waals surface area contributed by atoms with Gasteiger partial charge in [0, 0.05) is 5.02 Å². The molecule has 0 aliphatic carbocycles. The summed E-state index contributed by atoms with van der Waals surface area (Å²) in [6.07, 6.45) is 0. The Bertz CT molecular complexity index is 314. The van der Waals surface area contributed by atoms with Gasteiger partial charge >= 0.3 is 5.97 Å². The minimum Gasteiger partial charge on any atom is -0.478 e. The minimum absolute atomic E-state index is 0.0990. The lowest BCUT2D eigenvalue weighted by Crippen LogP contribution is -2.11. The molecule has 0 saturated carbocycles. The molecule has 0 aliphatic rings. The van der Waals surface area contributed by atoms with Crippen LogP contribution in [0, 0.1) is 0 Å². The van der Waals surface area contributed by atoms with Crippen molar-refractivity contribution in [3.05, 3.63) is 28.8 Å². The van der Waals surface area contributed by atoms with Crippen molar-refractivity contribution in [1.29, 1.82) is 0 Å². The van der Waals surface area contributed by atoms with Crippen LogP contribution in [0.15, 0.2) is 18.2 Å². The molecule has 0 fully saturated rings. The number of nitrogens with two attached hydrogens (primary N) is 1. The van der Waals surface area contributed by atoms with Crippen LogP contribution < -0.4 is 11.3 Å². The second kappa shape index (κ2) is 3.42. The lowest BCUT2D eigenvalue weighted by Gasteiger charge is -2.04. The van der Waals surface area contributed by atoms with Gasteiger partial charge in [0.1, 0.15) is 0 Å². The molecule has 1 aromatic rings. The van der Waals surface area contributed by atoms with E-state index in [1.165, 1.54) is 18.2 Å². The van der Waals surface area contributed by atoms with Crippen LogP contribution in [0.5, 0.6) is 0 Å². The number of nitrogens with one attached hydrogen (secondary N) is 1. The monoisotopic (exact) mass is 186 g/mol. The molecule has 0 atom stereocenters. The van der Waals surface area contributed by atoms with Crippen LogP contribution in [0.25, 0.3) is 0 Å².